The van der Waals surface area contributed by atoms with Crippen LogP contribution in [0.3, 0.4) is 0 Å². The van der Waals surface area contributed by atoms with Gasteiger partial charge >= 0.3 is 6.09 Å². The van der Waals surface area contributed by atoms with E-state index in [0.717, 1.165) is 16.7 Å². The molecule has 0 aliphatic heterocycles. The van der Waals surface area contributed by atoms with Crippen LogP contribution >= 0.6 is 0 Å². The monoisotopic (exact) mass is 689 g/mol. The van der Waals surface area contributed by atoms with E-state index in [1.54, 1.807) is 20.8 Å². The summed E-state index contributed by atoms with van der Waals surface area (Å²) in [5.74, 6) is -1.02. The van der Waals surface area contributed by atoms with Gasteiger partial charge in [0, 0.05) is 25.6 Å². The Morgan fingerprint density at radius 3 is 1.64 bits per heavy atom. The van der Waals surface area contributed by atoms with Crippen LogP contribution in [0, 0.1) is 5.92 Å². The molecule has 50 heavy (non-hydrogen) atoms. The standard InChI is InChI=1S/C39H55N5O6/c1-26(2)36(44-35(47)23-30(40)29-19-13-8-14-20-29)37(48)42-31(21-27-15-9-6-10-16-27)33(45)24-41-25-34(46)32(22-28-17-11-7-12-18-28)43-38(49)50-39(3,4)5/h6-20,26,30-34,36,41,45-46H,21-25,40H2,1-5H3,(H,42,48)(H,43,49)(H,44,47)/t30?,31-,32-,33+,34+,36-/m0/s1. The first-order valence-corrected chi connectivity index (χ1v) is 17.3. The molecule has 3 aromatic carbocycles. The van der Waals surface area contributed by atoms with Crippen LogP contribution in [-0.4, -0.2) is 77.1 Å². The van der Waals surface area contributed by atoms with E-state index in [2.05, 4.69) is 21.3 Å². The first-order chi connectivity index (χ1) is 23.7. The Kier molecular flexibility index (Phi) is 15.9. The summed E-state index contributed by atoms with van der Waals surface area (Å²) < 4.78 is 5.43. The molecular formula is C39H55N5O6. The van der Waals surface area contributed by atoms with Crippen LogP contribution in [0.1, 0.15) is 63.8 Å². The minimum atomic E-state index is -1.06. The molecule has 6 atom stereocenters. The summed E-state index contributed by atoms with van der Waals surface area (Å²) in [6.07, 6.45) is -2.04. The molecule has 0 bridgehead atoms. The van der Waals surface area contributed by atoms with Gasteiger partial charge in [0.25, 0.3) is 0 Å². The van der Waals surface area contributed by atoms with E-state index in [1.165, 1.54) is 0 Å². The van der Waals surface area contributed by atoms with E-state index >= 15 is 0 Å². The fourth-order valence-electron chi connectivity index (χ4n) is 5.48. The van der Waals surface area contributed by atoms with E-state index in [4.69, 9.17) is 10.5 Å². The average Bonchev–Trinajstić information content (AvgIpc) is 3.06. The molecule has 0 aliphatic carbocycles. The molecule has 0 saturated carbocycles. The number of nitrogens with two attached hydrogens (primary N) is 1. The van der Waals surface area contributed by atoms with Crippen molar-refractivity contribution < 1.29 is 29.3 Å². The number of alkyl carbamates (subject to hydrolysis) is 1. The van der Waals surface area contributed by atoms with Crippen molar-refractivity contribution in [3.63, 3.8) is 0 Å². The highest BCUT2D eigenvalue weighted by molar-refractivity contribution is 5.88. The zero-order valence-electron chi connectivity index (χ0n) is 29.8. The average molecular weight is 690 g/mol. The molecule has 3 aromatic rings. The topological polar surface area (TPSA) is 175 Å². The van der Waals surface area contributed by atoms with Crippen LogP contribution in [0.2, 0.25) is 0 Å². The molecule has 0 heterocycles. The maximum atomic E-state index is 13.6. The number of hydrogen-bond acceptors (Lipinski definition) is 8. The molecule has 0 aromatic heterocycles. The van der Waals surface area contributed by atoms with Crippen LogP contribution in [0.25, 0.3) is 0 Å². The predicted octanol–water partition coefficient (Wildman–Crippen LogP) is 3.39. The zero-order chi connectivity index (χ0) is 36.7. The highest BCUT2D eigenvalue weighted by atomic mass is 16.6. The Morgan fingerprint density at radius 1 is 0.720 bits per heavy atom. The number of benzene rings is 3. The lowest BCUT2D eigenvalue weighted by atomic mass is 9.97. The van der Waals surface area contributed by atoms with E-state index in [0.29, 0.717) is 12.8 Å². The molecular weight excluding hydrogens is 634 g/mol. The summed E-state index contributed by atoms with van der Waals surface area (Å²) in [6, 6.07) is 25.5. The number of amides is 3. The molecule has 1 unspecified atom stereocenters. The van der Waals surface area contributed by atoms with Crippen LogP contribution in [0.15, 0.2) is 91.0 Å². The normalized spacial score (nSPS) is 15.2. The molecule has 3 amide bonds. The van der Waals surface area contributed by atoms with Gasteiger partial charge in [-0.25, -0.2) is 4.79 Å². The molecule has 8 N–H and O–H groups in total. The quantitative estimate of drug-likeness (QED) is 0.106. The van der Waals surface area contributed by atoms with Crippen molar-refractivity contribution in [1.29, 1.82) is 0 Å². The molecule has 0 radical (unpaired) electrons. The van der Waals surface area contributed by atoms with Gasteiger partial charge in [-0.2, -0.15) is 0 Å². The second-order valence-corrected chi connectivity index (χ2v) is 14.1. The summed E-state index contributed by atoms with van der Waals surface area (Å²) in [6.45, 7) is 9.05. The fourth-order valence-corrected chi connectivity index (χ4v) is 5.48. The molecule has 11 heteroatoms. The second-order valence-electron chi connectivity index (χ2n) is 14.1. The predicted molar refractivity (Wildman–Crippen MR) is 195 cm³/mol. The van der Waals surface area contributed by atoms with E-state index < -0.39 is 54.0 Å². The third-order valence-corrected chi connectivity index (χ3v) is 8.16. The Hall–Kier alpha value is -4.29. The second kappa shape index (κ2) is 19.8. The molecule has 272 valence electrons. The number of rotatable bonds is 18. The van der Waals surface area contributed by atoms with Crippen LogP contribution in [0.4, 0.5) is 4.79 Å². The number of aliphatic hydroxyl groups excluding tert-OH is 2. The third-order valence-electron chi connectivity index (χ3n) is 8.16. The van der Waals surface area contributed by atoms with Crippen molar-refractivity contribution in [1.82, 2.24) is 21.3 Å². The van der Waals surface area contributed by atoms with Gasteiger partial charge in [-0.1, -0.05) is 105 Å². The number of carbonyl (C=O) groups is 3. The maximum Gasteiger partial charge on any atom is 0.407 e. The van der Waals surface area contributed by atoms with Crippen molar-refractivity contribution >= 4 is 17.9 Å². The fraction of sp³-hybridized carbons (Fsp3) is 0.462. The highest BCUT2D eigenvalue weighted by Gasteiger charge is 2.30. The van der Waals surface area contributed by atoms with Crippen LogP contribution < -0.4 is 27.0 Å². The minimum Gasteiger partial charge on any atom is -0.444 e. The zero-order valence-corrected chi connectivity index (χ0v) is 29.8. The first-order valence-electron chi connectivity index (χ1n) is 17.3. The van der Waals surface area contributed by atoms with E-state index in [9.17, 15) is 24.6 Å². The summed E-state index contributed by atoms with van der Waals surface area (Å²) in [4.78, 5) is 39.2. The maximum absolute atomic E-state index is 13.6. The lowest BCUT2D eigenvalue weighted by Crippen LogP contribution is -2.57. The SMILES string of the molecule is CC(C)[C@H](NC(=O)CC(N)c1ccccc1)C(=O)N[C@@H](Cc1ccccc1)[C@H](O)CNC[C@@H](O)[C@H](Cc1ccccc1)NC(=O)OC(C)(C)C. The molecule has 0 spiro atoms. The Labute approximate surface area is 296 Å². The van der Waals surface area contributed by atoms with Gasteiger partial charge in [0.1, 0.15) is 11.6 Å². The van der Waals surface area contributed by atoms with Gasteiger partial charge in [0.05, 0.1) is 24.3 Å². The van der Waals surface area contributed by atoms with Gasteiger partial charge in [-0.3, -0.25) is 9.59 Å². The van der Waals surface area contributed by atoms with E-state index in [-0.39, 0.29) is 31.3 Å². The number of aliphatic hydroxyl groups is 2. The smallest absolute Gasteiger partial charge is 0.407 e. The minimum absolute atomic E-state index is 0.0108. The van der Waals surface area contributed by atoms with Gasteiger partial charge in [-0.15, -0.1) is 0 Å². The number of hydrogen-bond donors (Lipinski definition) is 7. The van der Waals surface area contributed by atoms with Crippen LogP contribution in [-0.2, 0) is 27.2 Å². The summed E-state index contributed by atoms with van der Waals surface area (Å²) in [5.41, 5.74) is 8.20. The molecule has 0 fully saturated rings. The summed E-state index contributed by atoms with van der Waals surface area (Å²) >= 11 is 0. The number of nitrogens with one attached hydrogen (secondary N) is 4. The third kappa shape index (κ3) is 14.3. The van der Waals surface area contributed by atoms with Gasteiger partial charge in [0.15, 0.2) is 0 Å². The van der Waals surface area contributed by atoms with Crippen molar-refractivity contribution in [3.8, 4) is 0 Å². The number of ether oxygens (including phenoxy) is 1. The number of carbonyl (C=O) groups excluding carboxylic acids is 3. The van der Waals surface area contributed by atoms with Gasteiger partial charge in [-0.05, 0) is 56.2 Å². The first kappa shape index (κ1) is 40.1. The Morgan fingerprint density at radius 2 is 1.18 bits per heavy atom. The Bertz CT molecular complexity index is 1450. The van der Waals surface area contributed by atoms with Crippen LogP contribution in [0.5, 0.6) is 0 Å². The van der Waals surface area contributed by atoms with Crippen molar-refractivity contribution in [2.24, 2.45) is 11.7 Å². The molecule has 0 saturated heterocycles. The van der Waals surface area contributed by atoms with Gasteiger partial charge in [0.2, 0.25) is 11.8 Å². The highest BCUT2D eigenvalue weighted by Crippen LogP contribution is 2.15. The summed E-state index contributed by atoms with van der Waals surface area (Å²) in [5, 5.41) is 34.2. The van der Waals surface area contributed by atoms with Crippen molar-refractivity contribution in [2.45, 2.75) is 95.9 Å². The molecule has 0 aliphatic rings. The lowest BCUT2D eigenvalue weighted by molar-refractivity contribution is -0.131. The lowest BCUT2D eigenvalue weighted by Gasteiger charge is -2.30. The largest absolute Gasteiger partial charge is 0.444 e. The van der Waals surface area contributed by atoms with E-state index in [1.807, 2.05) is 105 Å². The van der Waals surface area contributed by atoms with Crippen molar-refractivity contribution in [3.05, 3.63) is 108 Å². The molecule has 3 rings (SSSR count). The Balaban J connectivity index is 1.66. The molecule has 11 nitrogen and oxygen atoms in total. The summed E-state index contributed by atoms with van der Waals surface area (Å²) in [7, 11) is 0. The van der Waals surface area contributed by atoms with Crippen molar-refractivity contribution in [2.75, 3.05) is 13.1 Å². The van der Waals surface area contributed by atoms with Gasteiger partial charge < -0.3 is 42.0 Å².